The van der Waals surface area contributed by atoms with Gasteiger partial charge in [-0.15, -0.1) is 0 Å². The van der Waals surface area contributed by atoms with Gasteiger partial charge in [0.15, 0.2) is 0 Å². The van der Waals surface area contributed by atoms with Crippen molar-refractivity contribution in [2.75, 3.05) is 13.1 Å². The average Bonchev–Trinajstić information content (AvgIpc) is 2.62. The number of nitrogens with one attached hydrogen (secondary N) is 1. The SMILES string of the molecule is Cn1ncc2c1CCCC2NCCCN. The predicted octanol–water partition coefficient (Wildman–Crippen LogP) is 0.736. The standard InChI is InChI=1S/C11H20N4/c1-15-11-5-2-4-10(9(11)8-14-15)13-7-3-6-12/h8,10,13H,2-7,12H2,1H3. The molecule has 1 aliphatic carbocycles. The molecule has 1 atom stereocenters. The highest BCUT2D eigenvalue weighted by Crippen LogP contribution is 2.28. The van der Waals surface area contributed by atoms with Crippen LogP contribution in [-0.2, 0) is 13.5 Å². The van der Waals surface area contributed by atoms with Crippen LogP contribution in [0.15, 0.2) is 6.20 Å². The Labute approximate surface area is 90.8 Å². The van der Waals surface area contributed by atoms with Crippen molar-refractivity contribution in [2.24, 2.45) is 12.8 Å². The van der Waals surface area contributed by atoms with E-state index in [2.05, 4.69) is 10.4 Å². The third kappa shape index (κ3) is 2.21. The lowest BCUT2D eigenvalue weighted by Crippen LogP contribution is -2.27. The fraction of sp³-hybridized carbons (Fsp3) is 0.727. The van der Waals surface area contributed by atoms with Gasteiger partial charge in [0.25, 0.3) is 0 Å². The number of hydrogen-bond donors (Lipinski definition) is 2. The van der Waals surface area contributed by atoms with Crippen LogP contribution in [0.25, 0.3) is 0 Å². The van der Waals surface area contributed by atoms with Gasteiger partial charge in [-0.2, -0.15) is 5.10 Å². The number of hydrogen-bond acceptors (Lipinski definition) is 3. The zero-order chi connectivity index (χ0) is 10.7. The Morgan fingerprint density at radius 2 is 2.53 bits per heavy atom. The predicted molar refractivity (Wildman–Crippen MR) is 60.6 cm³/mol. The van der Waals surface area contributed by atoms with Crippen LogP contribution in [-0.4, -0.2) is 22.9 Å². The Kier molecular flexibility index (Phi) is 3.38. The third-order valence-corrected chi connectivity index (χ3v) is 3.15. The fourth-order valence-corrected chi connectivity index (χ4v) is 2.30. The van der Waals surface area contributed by atoms with Crippen LogP contribution < -0.4 is 11.1 Å². The monoisotopic (exact) mass is 208 g/mol. The molecule has 0 bridgehead atoms. The highest BCUT2D eigenvalue weighted by molar-refractivity contribution is 5.24. The van der Waals surface area contributed by atoms with E-state index in [-0.39, 0.29) is 0 Å². The Morgan fingerprint density at radius 3 is 3.33 bits per heavy atom. The van der Waals surface area contributed by atoms with Gasteiger partial charge in [-0.25, -0.2) is 0 Å². The van der Waals surface area contributed by atoms with E-state index < -0.39 is 0 Å². The number of nitrogens with zero attached hydrogens (tertiary/aromatic N) is 2. The largest absolute Gasteiger partial charge is 0.330 e. The van der Waals surface area contributed by atoms with Crippen LogP contribution in [0, 0.1) is 0 Å². The summed E-state index contributed by atoms with van der Waals surface area (Å²) in [6.07, 6.45) is 6.71. The normalized spacial score (nSPS) is 20.3. The molecule has 3 N–H and O–H groups in total. The molecule has 0 spiro atoms. The zero-order valence-corrected chi connectivity index (χ0v) is 9.37. The first-order chi connectivity index (χ1) is 7.33. The molecule has 1 heterocycles. The van der Waals surface area contributed by atoms with E-state index in [1.807, 2.05) is 17.9 Å². The summed E-state index contributed by atoms with van der Waals surface area (Å²) in [5.41, 5.74) is 8.27. The quantitative estimate of drug-likeness (QED) is 0.717. The van der Waals surface area contributed by atoms with E-state index in [4.69, 9.17) is 5.73 Å². The highest BCUT2D eigenvalue weighted by Gasteiger charge is 2.22. The summed E-state index contributed by atoms with van der Waals surface area (Å²) in [6.45, 7) is 1.77. The van der Waals surface area contributed by atoms with Gasteiger partial charge >= 0.3 is 0 Å². The van der Waals surface area contributed by atoms with E-state index in [9.17, 15) is 0 Å². The molecule has 1 aliphatic rings. The second kappa shape index (κ2) is 4.77. The second-order valence-corrected chi connectivity index (χ2v) is 4.21. The molecule has 0 saturated heterocycles. The lowest BCUT2D eigenvalue weighted by Gasteiger charge is -2.23. The van der Waals surface area contributed by atoms with E-state index in [1.165, 1.54) is 30.5 Å². The molecular formula is C11H20N4. The molecule has 1 aromatic heterocycles. The lowest BCUT2D eigenvalue weighted by molar-refractivity contribution is 0.450. The number of rotatable bonds is 4. The maximum absolute atomic E-state index is 5.49. The smallest absolute Gasteiger partial charge is 0.0540 e. The van der Waals surface area contributed by atoms with Crippen molar-refractivity contribution in [3.63, 3.8) is 0 Å². The van der Waals surface area contributed by atoms with E-state index >= 15 is 0 Å². The average molecular weight is 208 g/mol. The van der Waals surface area contributed by atoms with Crippen LogP contribution in [0.5, 0.6) is 0 Å². The Balaban J connectivity index is 2.02. The van der Waals surface area contributed by atoms with Gasteiger partial charge in [0.05, 0.1) is 6.20 Å². The molecule has 0 aliphatic heterocycles. The van der Waals surface area contributed by atoms with Gasteiger partial charge in [0.1, 0.15) is 0 Å². The molecule has 15 heavy (non-hydrogen) atoms. The molecule has 84 valence electrons. The zero-order valence-electron chi connectivity index (χ0n) is 9.37. The minimum atomic E-state index is 0.494. The van der Waals surface area contributed by atoms with Crippen LogP contribution in [0.4, 0.5) is 0 Å². The van der Waals surface area contributed by atoms with Crippen molar-refractivity contribution >= 4 is 0 Å². The van der Waals surface area contributed by atoms with Crippen molar-refractivity contribution in [1.82, 2.24) is 15.1 Å². The summed E-state index contributed by atoms with van der Waals surface area (Å²) in [6, 6.07) is 0.494. The molecule has 0 radical (unpaired) electrons. The van der Waals surface area contributed by atoms with Crippen LogP contribution >= 0.6 is 0 Å². The first kappa shape index (κ1) is 10.6. The van der Waals surface area contributed by atoms with Crippen LogP contribution in [0.1, 0.15) is 36.6 Å². The topological polar surface area (TPSA) is 55.9 Å². The lowest BCUT2D eigenvalue weighted by atomic mass is 9.93. The second-order valence-electron chi connectivity index (χ2n) is 4.21. The molecule has 0 amide bonds. The number of fused-ring (bicyclic) bond motifs is 1. The molecular weight excluding hydrogens is 188 g/mol. The summed E-state index contributed by atoms with van der Waals surface area (Å²) in [4.78, 5) is 0. The van der Waals surface area contributed by atoms with Crippen molar-refractivity contribution < 1.29 is 0 Å². The summed E-state index contributed by atoms with van der Waals surface area (Å²) in [5.74, 6) is 0. The van der Waals surface area contributed by atoms with E-state index in [1.54, 1.807) is 0 Å². The highest BCUT2D eigenvalue weighted by atomic mass is 15.3. The summed E-state index contributed by atoms with van der Waals surface area (Å²) in [5, 5.41) is 7.89. The minimum Gasteiger partial charge on any atom is -0.330 e. The van der Waals surface area contributed by atoms with Crippen molar-refractivity contribution in [3.05, 3.63) is 17.5 Å². The number of aromatic nitrogens is 2. The van der Waals surface area contributed by atoms with Gasteiger partial charge in [0, 0.05) is 24.3 Å². The summed E-state index contributed by atoms with van der Waals surface area (Å²) in [7, 11) is 2.03. The van der Waals surface area contributed by atoms with Gasteiger partial charge in [-0.1, -0.05) is 0 Å². The van der Waals surface area contributed by atoms with E-state index in [0.717, 1.165) is 19.5 Å². The number of nitrogens with two attached hydrogens (primary N) is 1. The Morgan fingerprint density at radius 1 is 1.67 bits per heavy atom. The van der Waals surface area contributed by atoms with Gasteiger partial charge < -0.3 is 11.1 Å². The van der Waals surface area contributed by atoms with Crippen molar-refractivity contribution in [3.8, 4) is 0 Å². The molecule has 0 saturated carbocycles. The first-order valence-electron chi connectivity index (χ1n) is 5.77. The number of aryl methyl sites for hydroxylation is 1. The molecule has 4 nitrogen and oxygen atoms in total. The molecule has 0 aromatic carbocycles. The van der Waals surface area contributed by atoms with Gasteiger partial charge in [-0.05, 0) is 38.8 Å². The molecule has 1 aromatic rings. The van der Waals surface area contributed by atoms with Crippen molar-refractivity contribution in [1.29, 1.82) is 0 Å². The molecule has 1 unspecified atom stereocenters. The Hall–Kier alpha value is -0.870. The summed E-state index contributed by atoms with van der Waals surface area (Å²) < 4.78 is 2.01. The Bertz CT molecular complexity index is 318. The fourth-order valence-electron chi connectivity index (χ4n) is 2.30. The molecule has 2 rings (SSSR count). The molecule has 4 heteroatoms. The summed E-state index contributed by atoms with van der Waals surface area (Å²) >= 11 is 0. The van der Waals surface area contributed by atoms with E-state index in [0.29, 0.717) is 6.04 Å². The van der Waals surface area contributed by atoms with Gasteiger partial charge in [0.2, 0.25) is 0 Å². The van der Waals surface area contributed by atoms with Crippen LogP contribution in [0.3, 0.4) is 0 Å². The first-order valence-corrected chi connectivity index (χ1v) is 5.77. The maximum Gasteiger partial charge on any atom is 0.0540 e. The minimum absolute atomic E-state index is 0.494. The van der Waals surface area contributed by atoms with Crippen LogP contribution in [0.2, 0.25) is 0 Å². The van der Waals surface area contributed by atoms with Gasteiger partial charge in [-0.3, -0.25) is 4.68 Å². The molecule has 0 fully saturated rings. The maximum atomic E-state index is 5.49. The van der Waals surface area contributed by atoms with Crippen molar-refractivity contribution in [2.45, 2.75) is 31.7 Å². The third-order valence-electron chi connectivity index (χ3n) is 3.15.